The molecule has 0 rings (SSSR count). The third-order valence-electron chi connectivity index (χ3n) is 1.07. The predicted octanol–water partition coefficient (Wildman–Crippen LogP) is -3.45. The summed E-state index contributed by atoms with van der Waals surface area (Å²) in [5.41, 5.74) is 5.00. The number of rotatable bonds is 5. The van der Waals surface area contributed by atoms with Gasteiger partial charge in [-0.05, 0) is 12.7 Å². The van der Waals surface area contributed by atoms with Crippen LogP contribution in [0.4, 0.5) is 0 Å². The topological polar surface area (TPSA) is 118 Å². The molecule has 0 aromatic heterocycles. The summed E-state index contributed by atoms with van der Waals surface area (Å²) in [5, 5.41) is 16.3. The molecular weight excluding hydrogens is 197 g/mol. The molecule has 0 aliphatic heterocycles. The van der Waals surface area contributed by atoms with E-state index in [-0.39, 0.29) is 31.7 Å². The van der Waals surface area contributed by atoms with Crippen molar-refractivity contribution in [2.24, 2.45) is 5.73 Å². The van der Waals surface area contributed by atoms with Crippen LogP contribution in [0.1, 0.15) is 12.8 Å². The molecule has 0 fully saturated rings. The Labute approximate surface area is 99.3 Å². The van der Waals surface area contributed by atoms with Crippen molar-refractivity contribution in [3.63, 3.8) is 0 Å². The van der Waals surface area contributed by atoms with Crippen molar-refractivity contribution in [2.45, 2.75) is 18.9 Å². The van der Waals surface area contributed by atoms with E-state index in [0.29, 0.717) is 0 Å². The molecule has 6 nitrogen and oxygen atoms in total. The third-order valence-corrected chi connectivity index (χ3v) is 1.07. The number of nitrogens with two attached hydrogens (primary N) is 1. The first kappa shape index (κ1) is 19.5. The van der Waals surface area contributed by atoms with Crippen LogP contribution in [0.15, 0.2) is 12.7 Å². The van der Waals surface area contributed by atoms with Crippen LogP contribution in [0.3, 0.4) is 0 Å². The molecule has 0 aliphatic rings. The standard InChI is InChI=1S/C5H9NO4.C3H3O.Li/c6-3(5(9)10)1-2-4(7)8;1-2-3-4;/h3H,1-2,6H2,(H,7,8)(H,9,10);2H,1H2;/q;-1;+1/t3-;;/m0../s1. The molecule has 4 N–H and O–H groups in total. The van der Waals surface area contributed by atoms with Crippen molar-refractivity contribution in [1.82, 2.24) is 0 Å². The smallest absolute Gasteiger partial charge is 0.481 e. The van der Waals surface area contributed by atoms with E-state index < -0.39 is 18.0 Å². The SMILES string of the molecule is C=C[C-]=O.N[C@@H](CCC(=O)O)C(=O)O.[Li+]. The molecule has 0 unspecified atom stereocenters. The van der Waals surface area contributed by atoms with Crippen molar-refractivity contribution in [3.05, 3.63) is 12.7 Å². The number of aliphatic carboxylic acids is 2. The molecular formula is C8H12LiNO5. The second-order valence-corrected chi connectivity index (χ2v) is 2.20. The minimum Gasteiger partial charge on any atom is -0.481 e. The summed E-state index contributed by atoms with van der Waals surface area (Å²) in [4.78, 5) is 28.8. The van der Waals surface area contributed by atoms with Crippen molar-refractivity contribution in [1.29, 1.82) is 0 Å². The fourth-order valence-electron chi connectivity index (χ4n) is 0.402. The van der Waals surface area contributed by atoms with Crippen molar-refractivity contribution >= 4 is 18.2 Å². The number of allylic oxidation sites excluding steroid dienone is 1. The van der Waals surface area contributed by atoms with Crippen molar-refractivity contribution in [3.8, 4) is 0 Å². The zero-order chi connectivity index (χ0) is 11.6. The number of carboxylic acid groups (broad SMARTS) is 2. The Morgan fingerprint density at radius 3 is 2.07 bits per heavy atom. The number of hydrogen-bond acceptors (Lipinski definition) is 4. The van der Waals surface area contributed by atoms with E-state index in [1.807, 2.05) is 0 Å². The molecule has 0 saturated carbocycles. The van der Waals surface area contributed by atoms with Crippen LogP contribution in [0, 0.1) is 0 Å². The average Bonchev–Trinajstić information content (AvgIpc) is 2.14. The van der Waals surface area contributed by atoms with Gasteiger partial charge in [-0.3, -0.25) is 9.59 Å². The van der Waals surface area contributed by atoms with E-state index >= 15 is 0 Å². The van der Waals surface area contributed by atoms with Gasteiger partial charge in [0.1, 0.15) is 6.04 Å². The fraction of sp³-hybridized carbons (Fsp3) is 0.375. The molecule has 0 radical (unpaired) electrons. The molecule has 0 aromatic rings. The molecule has 0 spiro atoms. The summed E-state index contributed by atoms with van der Waals surface area (Å²) < 4.78 is 0. The van der Waals surface area contributed by atoms with Crippen LogP contribution in [-0.2, 0) is 14.4 Å². The number of carbonyl (C=O) groups is 2. The second-order valence-electron chi connectivity index (χ2n) is 2.20. The quantitative estimate of drug-likeness (QED) is 0.246. The fourth-order valence-corrected chi connectivity index (χ4v) is 0.402. The van der Waals surface area contributed by atoms with E-state index in [1.54, 1.807) is 0 Å². The predicted molar refractivity (Wildman–Crippen MR) is 48.4 cm³/mol. The number of carboxylic acids is 2. The van der Waals surface area contributed by atoms with Gasteiger partial charge in [0.2, 0.25) is 0 Å². The van der Waals surface area contributed by atoms with Crippen LogP contribution in [-0.4, -0.2) is 34.5 Å². The minimum absolute atomic E-state index is 0. The first-order valence-corrected chi connectivity index (χ1v) is 3.64. The summed E-state index contributed by atoms with van der Waals surface area (Å²) >= 11 is 0. The molecule has 0 aliphatic carbocycles. The van der Waals surface area contributed by atoms with Gasteiger partial charge in [-0.1, -0.05) is 0 Å². The van der Waals surface area contributed by atoms with Crippen LogP contribution in [0.2, 0.25) is 0 Å². The van der Waals surface area contributed by atoms with Crippen LogP contribution in [0.25, 0.3) is 0 Å². The largest absolute Gasteiger partial charge is 1.00 e. The number of carbonyl (C=O) groups excluding carboxylic acids is 1. The Bertz CT molecular complexity index is 213. The average molecular weight is 209 g/mol. The molecule has 7 heteroatoms. The van der Waals surface area contributed by atoms with Gasteiger partial charge < -0.3 is 20.7 Å². The van der Waals surface area contributed by atoms with Crippen LogP contribution in [0.5, 0.6) is 0 Å². The molecule has 80 valence electrons. The summed E-state index contributed by atoms with van der Waals surface area (Å²) in [6, 6.07) is -1.06. The first-order chi connectivity index (χ1) is 6.45. The Hall–Kier alpha value is -1.09. The summed E-state index contributed by atoms with van der Waals surface area (Å²) in [7, 11) is 0. The van der Waals surface area contributed by atoms with E-state index in [0.717, 1.165) is 6.08 Å². The Morgan fingerprint density at radius 2 is 1.87 bits per heavy atom. The zero-order valence-electron chi connectivity index (χ0n) is 8.47. The molecule has 0 aromatic carbocycles. The van der Waals surface area contributed by atoms with Crippen LogP contribution < -0.4 is 24.6 Å². The summed E-state index contributed by atoms with van der Waals surface area (Å²) in [6.45, 7) is 3.06. The van der Waals surface area contributed by atoms with Gasteiger partial charge in [0.05, 0.1) is 0 Å². The summed E-state index contributed by atoms with van der Waals surface area (Å²) in [5.74, 6) is -2.20. The Kier molecular flexibility index (Phi) is 16.8. The van der Waals surface area contributed by atoms with Gasteiger partial charge in [0, 0.05) is 6.42 Å². The maximum absolute atomic E-state index is 9.99. The Morgan fingerprint density at radius 1 is 1.47 bits per heavy atom. The third kappa shape index (κ3) is 19.4. The normalized spacial score (nSPS) is 9.67. The monoisotopic (exact) mass is 209 g/mol. The molecule has 0 bridgehead atoms. The van der Waals surface area contributed by atoms with Crippen LogP contribution >= 0.6 is 0 Å². The first-order valence-electron chi connectivity index (χ1n) is 3.64. The van der Waals surface area contributed by atoms with E-state index in [1.165, 1.54) is 6.29 Å². The van der Waals surface area contributed by atoms with Gasteiger partial charge in [-0.25, -0.2) is 12.7 Å². The maximum Gasteiger partial charge on any atom is 1.00 e. The van der Waals surface area contributed by atoms with Gasteiger partial charge in [-0.2, -0.15) is 0 Å². The van der Waals surface area contributed by atoms with E-state index in [9.17, 15) is 9.59 Å². The van der Waals surface area contributed by atoms with Crippen molar-refractivity contribution in [2.75, 3.05) is 0 Å². The summed E-state index contributed by atoms with van der Waals surface area (Å²) in [6.07, 6.45) is 2.29. The zero-order valence-corrected chi connectivity index (χ0v) is 8.47. The molecule has 1 atom stereocenters. The van der Waals surface area contributed by atoms with Gasteiger partial charge in [0.25, 0.3) is 0 Å². The van der Waals surface area contributed by atoms with Gasteiger partial charge in [-0.15, -0.1) is 0 Å². The molecule has 0 amide bonds. The van der Waals surface area contributed by atoms with E-state index in [2.05, 4.69) is 6.58 Å². The van der Waals surface area contributed by atoms with Gasteiger partial charge >= 0.3 is 30.8 Å². The number of hydrogen-bond donors (Lipinski definition) is 3. The van der Waals surface area contributed by atoms with Crippen molar-refractivity contribution < 1.29 is 43.5 Å². The molecule has 0 heterocycles. The molecule has 15 heavy (non-hydrogen) atoms. The van der Waals surface area contributed by atoms with Gasteiger partial charge in [0.15, 0.2) is 0 Å². The molecule has 0 saturated heterocycles. The second kappa shape index (κ2) is 12.9. The maximum atomic E-state index is 9.99. The Balaban J connectivity index is -0.000000249. The minimum atomic E-state index is -1.17. The van der Waals surface area contributed by atoms with E-state index in [4.69, 9.17) is 20.7 Å².